The average molecular weight is 237 g/mol. The molecule has 0 saturated heterocycles. The van der Waals surface area contributed by atoms with Crippen molar-refractivity contribution in [3.05, 3.63) is 18.2 Å². The molecule has 0 spiro atoms. The summed E-state index contributed by atoms with van der Waals surface area (Å²) in [5.41, 5.74) is 0. The Hall–Kier alpha value is -1.42. The molecule has 0 saturated carbocycles. The normalized spacial score (nSPS) is 16.6. The van der Waals surface area contributed by atoms with Crippen LogP contribution in [0.4, 0.5) is 0 Å². The van der Waals surface area contributed by atoms with Gasteiger partial charge in [0.1, 0.15) is 11.9 Å². The van der Waals surface area contributed by atoms with Gasteiger partial charge >= 0.3 is 0 Å². The van der Waals surface area contributed by atoms with Crippen molar-refractivity contribution >= 4 is 0 Å². The molecule has 0 amide bonds. The highest BCUT2D eigenvalue weighted by molar-refractivity contribution is 5.46. The number of rotatable bonds is 5. The molecular formula is C13H19NO3. The number of ether oxygens (including phenoxy) is 3. The summed E-state index contributed by atoms with van der Waals surface area (Å²) in [5, 5.41) is 3.34. The minimum absolute atomic E-state index is 0.107. The molecule has 0 aromatic heterocycles. The highest BCUT2D eigenvalue weighted by atomic mass is 16.7. The van der Waals surface area contributed by atoms with Crippen molar-refractivity contribution in [1.82, 2.24) is 5.32 Å². The molecule has 1 aromatic carbocycles. The Morgan fingerprint density at radius 3 is 2.82 bits per heavy atom. The molecule has 94 valence electrons. The van der Waals surface area contributed by atoms with Gasteiger partial charge in [0.25, 0.3) is 0 Å². The third-order valence-corrected chi connectivity index (χ3v) is 2.90. The number of benzene rings is 1. The first-order valence-corrected chi connectivity index (χ1v) is 6.00. The fourth-order valence-corrected chi connectivity index (χ4v) is 1.75. The zero-order valence-electron chi connectivity index (χ0n) is 10.5. The Kier molecular flexibility index (Phi) is 3.74. The summed E-state index contributed by atoms with van der Waals surface area (Å²) in [5.74, 6) is 2.35. The first-order valence-electron chi connectivity index (χ1n) is 6.00. The maximum Gasteiger partial charge on any atom is 0.231 e. The average Bonchev–Trinajstić information content (AvgIpc) is 2.76. The Labute approximate surface area is 102 Å². The summed E-state index contributed by atoms with van der Waals surface area (Å²) in [4.78, 5) is 0. The molecule has 1 N–H and O–H groups in total. The van der Waals surface area contributed by atoms with Gasteiger partial charge in [-0.2, -0.15) is 0 Å². The van der Waals surface area contributed by atoms with Crippen LogP contribution in [0.25, 0.3) is 0 Å². The molecule has 0 radical (unpaired) electrons. The number of fused-ring (bicyclic) bond motifs is 1. The molecule has 2 unspecified atom stereocenters. The van der Waals surface area contributed by atoms with E-state index in [0.717, 1.165) is 23.8 Å². The fourth-order valence-electron chi connectivity index (χ4n) is 1.75. The molecule has 1 aliphatic heterocycles. The number of hydrogen-bond acceptors (Lipinski definition) is 4. The van der Waals surface area contributed by atoms with Gasteiger partial charge in [-0.3, -0.25) is 0 Å². The van der Waals surface area contributed by atoms with Crippen LogP contribution < -0.4 is 19.5 Å². The van der Waals surface area contributed by atoms with Gasteiger partial charge in [0.2, 0.25) is 6.79 Å². The molecule has 2 rings (SSSR count). The topological polar surface area (TPSA) is 39.7 Å². The van der Waals surface area contributed by atoms with Crippen molar-refractivity contribution < 1.29 is 14.2 Å². The predicted octanol–water partition coefficient (Wildman–Crippen LogP) is 2.18. The first kappa shape index (κ1) is 12.0. The van der Waals surface area contributed by atoms with E-state index < -0.39 is 0 Å². The lowest BCUT2D eigenvalue weighted by atomic mass is 10.2. The number of likely N-dealkylation sites (N-methyl/N-ethyl adjacent to an activating group) is 1. The molecule has 17 heavy (non-hydrogen) atoms. The molecule has 0 aliphatic carbocycles. The molecule has 0 fully saturated rings. The van der Waals surface area contributed by atoms with Crippen molar-refractivity contribution in [3.8, 4) is 17.2 Å². The van der Waals surface area contributed by atoms with Crippen LogP contribution in [0.3, 0.4) is 0 Å². The molecule has 0 bridgehead atoms. The zero-order chi connectivity index (χ0) is 12.3. The number of nitrogens with one attached hydrogen (secondary N) is 1. The highest BCUT2D eigenvalue weighted by Gasteiger charge is 2.16. The third-order valence-electron chi connectivity index (χ3n) is 2.90. The Morgan fingerprint density at radius 2 is 2.06 bits per heavy atom. The molecule has 1 aliphatic rings. The molecule has 1 heterocycles. The lowest BCUT2D eigenvalue weighted by molar-refractivity contribution is 0.171. The van der Waals surface area contributed by atoms with Gasteiger partial charge in [0.05, 0.1) is 0 Å². The SMILES string of the molecule is CCNC(C)C(C)Oc1ccc2c(c1)OCO2. The van der Waals surface area contributed by atoms with Crippen LogP contribution in [0.15, 0.2) is 18.2 Å². The van der Waals surface area contributed by atoms with E-state index in [1.807, 2.05) is 18.2 Å². The van der Waals surface area contributed by atoms with Gasteiger partial charge < -0.3 is 19.5 Å². The van der Waals surface area contributed by atoms with E-state index in [2.05, 4.69) is 26.1 Å². The molecular weight excluding hydrogens is 218 g/mol. The van der Waals surface area contributed by atoms with Crippen LogP contribution in [-0.4, -0.2) is 25.5 Å². The summed E-state index contributed by atoms with van der Waals surface area (Å²) in [7, 11) is 0. The van der Waals surface area contributed by atoms with Gasteiger partial charge in [-0.25, -0.2) is 0 Å². The van der Waals surface area contributed by atoms with E-state index >= 15 is 0 Å². The zero-order valence-corrected chi connectivity index (χ0v) is 10.5. The van der Waals surface area contributed by atoms with Crippen LogP contribution in [0.2, 0.25) is 0 Å². The largest absolute Gasteiger partial charge is 0.489 e. The molecule has 2 atom stereocenters. The van der Waals surface area contributed by atoms with E-state index in [-0.39, 0.29) is 6.10 Å². The van der Waals surface area contributed by atoms with E-state index in [9.17, 15) is 0 Å². The Morgan fingerprint density at radius 1 is 1.29 bits per heavy atom. The predicted molar refractivity (Wildman–Crippen MR) is 65.8 cm³/mol. The standard InChI is InChI=1S/C13H19NO3/c1-4-14-9(2)10(3)17-11-5-6-12-13(7-11)16-8-15-12/h5-7,9-10,14H,4,8H2,1-3H3. The van der Waals surface area contributed by atoms with E-state index in [4.69, 9.17) is 14.2 Å². The van der Waals surface area contributed by atoms with Gasteiger partial charge in [-0.15, -0.1) is 0 Å². The summed E-state index contributed by atoms with van der Waals surface area (Å²) in [6.45, 7) is 7.49. The molecule has 4 heteroatoms. The van der Waals surface area contributed by atoms with Gasteiger partial charge in [0, 0.05) is 12.1 Å². The van der Waals surface area contributed by atoms with Crippen molar-refractivity contribution in [3.63, 3.8) is 0 Å². The van der Waals surface area contributed by atoms with Crippen LogP contribution >= 0.6 is 0 Å². The summed E-state index contributed by atoms with van der Waals surface area (Å²) >= 11 is 0. The second-order valence-corrected chi connectivity index (χ2v) is 4.18. The maximum atomic E-state index is 5.86. The lowest BCUT2D eigenvalue weighted by Gasteiger charge is -2.22. The quantitative estimate of drug-likeness (QED) is 0.852. The lowest BCUT2D eigenvalue weighted by Crippen LogP contribution is -2.38. The smallest absolute Gasteiger partial charge is 0.231 e. The molecule has 1 aromatic rings. The van der Waals surface area contributed by atoms with Gasteiger partial charge in [-0.1, -0.05) is 6.92 Å². The van der Waals surface area contributed by atoms with Crippen molar-refractivity contribution in [2.75, 3.05) is 13.3 Å². The minimum Gasteiger partial charge on any atom is -0.489 e. The minimum atomic E-state index is 0.107. The van der Waals surface area contributed by atoms with Crippen molar-refractivity contribution in [1.29, 1.82) is 0 Å². The fraction of sp³-hybridized carbons (Fsp3) is 0.538. The second-order valence-electron chi connectivity index (χ2n) is 4.18. The van der Waals surface area contributed by atoms with Gasteiger partial charge in [0.15, 0.2) is 11.5 Å². The van der Waals surface area contributed by atoms with E-state index in [1.165, 1.54) is 0 Å². The third kappa shape index (κ3) is 2.82. The van der Waals surface area contributed by atoms with Crippen molar-refractivity contribution in [2.24, 2.45) is 0 Å². The van der Waals surface area contributed by atoms with Gasteiger partial charge in [-0.05, 0) is 32.5 Å². The van der Waals surface area contributed by atoms with E-state index in [1.54, 1.807) is 0 Å². The van der Waals surface area contributed by atoms with Crippen LogP contribution in [0, 0.1) is 0 Å². The summed E-state index contributed by atoms with van der Waals surface area (Å²) in [6, 6.07) is 5.97. The van der Waals surface area contributed by atoms with Crippen molar-refractivity contribution in [2.45, 2.75) is 32.9 Å². The van der Waals surface area contributed by atoms with Crippen LogP contribution in [0.1, 0.15) is 20.8 Å². The monoisotopic (exact) mass is 237 g/mol. The van der Waals surface area contributed by atoms with Crippen LogP contribution in [-0.2, 0) is 0 Å². The van der Waals surface area contributed by atoms with Crippen LogP contribution in [0.5, 0.6) is 17.2 Å². The number of hydrogen-bond donors (Lipinski definition) is 1. The second kappa shape index (κ2) is 5.27. The first-order chi connectivity index (χ1) is 8.20. The Bertz CT molecular complexity index is 381. The van der Waals surface area contributed by atoms with E-state index in [0.29, 0.717) is 12.8 Å². The molecule has 4 nitrogen and oxygen atoms in total. The maximum absolute atomic E-state index is 5.86. The summed E-state index contributed by atoms with van der Waals surface area (Å²) in [6.07, 6.45) is 0.107. The summed E-state index contributed by atoms with van der Waals surface area (Å²) < 4.78 is 16.4. The Balaban J connectivity index is 1.99. The highest BCUT2D eigenvalue weighted by Crippen LogP contribution is 2.35.